The molecule has 0 atom stereocenters. The quantitative estimate of drug-likeness (QED) is 0.439. The third-order valence-electron chi connectivity index (χ3n) is 0. The third kappa shape index (κ3) is 8.87. The predicted octanol–water partition coefficient (Wildman–Crippen LogP) is 2.28. The van der Waals surface area contributed by atoms with Crippen molar-refractivity contribution < 1.29 is 0 Å². The average molecular weight is 392 g/mol. The molecule has 0 heterocycles. The molecule has 0 aromatic carbocycles. The Kier molecular flexibility index (Phi) is 5.39. The van der Waals surface area contributed by atoms with Gasteiger partial charge in [0.15, 0.2) is 0 Å². The Balaban J connectivity index is 2.32. The van der Waals surface area contributed by atoms with Crippen LogP contribution in [-0.4, -0.2) is 0.282 Å². The smallest absolute Gasteiger partial charge is 0.118 e. The van der Waals surface area contributed by atoms with Gasteiger partial charge in [-0.3, -0.25) is 0 Å². The van der Waals surface area contributed by atoms with Gasteiger partial charge >= 0.3 is 0.282 Å². The summed E-state index contributed by atoms with van der Waals surface area (Å²) >= 11 is 6.95. The predicted molar refractivity (Wildman–Crippen MR) is 47.8 cm³/mol. The van der Waals surface area contributed by atoms with Crippen LogP contribution in [0.1, 0.15) is 0 Å². The van der Waals surface area contributed by atoms with Crippen LogP contribution < -0.4 is 0 Å². The van der Waals surface area contributed by atoms with E-state index in [4.69, 9.17) is 0 Å². The molecule has 0 aliphatic heterocycles. The standard InChI is InChI=1S/BI3/c2-1(3)4. The first-order valence-electron chi connectivity index (χ1n) is 0.655. The molecule has 0 aromatic heterocycles. The van der Waals surface area contributed by atoms with Gasteiger partial charge in [0.25, 0.3) is 0 Å². The van der Waals surface area contributed by atoms with Crippen molar-refractivity contribution in [2.24, 2.45) is 0 Å². The van der Waals surface area contributed by atoms with Gasteiger partial charge in [0.05, 0.1) is 0 Å². The van der Waals surface area contributed by atoms with Crippen LogP contribution >= 0.6 is 67.1 Å². The minimum atomic E-state index is 0.743. The summed E-state index contributed by atoms with van der Waals surface area (Å²) in [6, 6.07) is 0. The maximum absolute atomic E-state index is 2.32. The summed E-state index contributed by atoms with van der Waals surface area (Å²) in [7, 11) is 0. The second-order valence-corrected chi connectivity index (χ2v) is 11.1. The number of halogens is 3. The zero-order chi connectivity index (χ0) is 3.58. The van der Waals surface area contributed by atoms with Gasteiger partial charge in [-0.25, -0.2) is 0 Å². The minimum Gasteiger partial charge on any atom is -0.118 e. The highest BCUT2D eigenvalue weighted by Gasteiger charge is 1.87. The van der Waals surface area contributed by atoms with Crippen molar-refractivity contribution in [1.82, 2.24) is 0 Å². The molecule has 0 saturated heterocycles. The van der Waals surface area contributed by atoms with Gasteiger partial charge in [0.2, 0.25) is 0 Å². The summed E-state index contributed by atoms with van der Waals surface area (Å²) in [4.78, 5) is 0. The van der Waals surface area contributed by atoms with Gasteiger partial charge < -0.3 is 0 Å². The van der Waals surface area contributed by atoms with Gasteiger partial charge in [-0.15, -0.1) is 67.1 Å². The lowest BCUT2D eigenvalue weighted by atomic mass is 10.8. The van der Waals surface area contributed by atoms with Crippen molar-refractivity contribution in [3.8, 4) is 0 Å². The van der Waals surface area contributed by atoms with Gasteiger partial charge in [-0.1, -0.05) is 0 Å². The monoisotopic (exact) mass is 392 g/mol. The Morgan fingerprint density at radius 3 is 1.00 bits per heavy atom. The average Bonchev–Trinajstić information content (AvgIpc) is 0.811. The molecular weight excluding hydrogens is 392 g/mol. The zero-order valence-electron chi connectivity index (χ0n) is 1.71. The molecule has 0 fully saturated rings. The third-order valence-corrected chi connectivity index (χ3v) is 0. The lowest BCUT2D eigenvalue weighted by molar-refractivity contribution is 5.41. The summed E-state index contributed by atoms with van der Waals surface area (Å²) in [5.41, 5.74) is 0. The van der Waals surface area contributed by atoms with E-state index in [-0.39, 0.29) is 0 Å². The Morgan fingerprint density at radius 1 is 1.00 bits per heavy atom. The molecular formula is BI3. The second kappa shape index (κ2) is 3.45. The molecule has 24 valence electrons. The Labute approximate surface area is 66.2 Å². The van der Waals surface area contributed by atoms with E-state index in [1.54, 1.807) is 0 Å². The highest BCUT2D eigenvalue weighted by molar-refractivity contribution is 14.4. The summed E-state index contributed by atoms with van der Waals surface area (Å²) in [5.74, 6) is 0. The van der Waals surface area contributed by atoms with Crippen molar-refractivity contribution in [2.45, 2.75) is 0 Å². The molecule has 0 amide bonds. The van der Waals surface area contributed by atoms with Crippen molar-refractivity contribution in [3.63, 3.8) is 0 Å². The molecule has 0 radical (unpaired) electrons. The topological polar surface area (TPSA) is 0 Å². The fourth-order valence-electron chi connectivity index (χ4n) is 0. The number of hydrogen-bond acceptors (Lipinski definition) is 0. The molecule has 0 saturated carbocycles. The molecule has 4 heteroatoms. The van der Waals surface area contributed by atoms with Crippen LogP contribution in [0.5, 0.6) is 0 Å². The Bertz CT molecular complexity index is 8.00. The van der Waals surface area contributed by atoms with Crippen molar-refractivity contribution >= 4 is 67.4 Å². The van der Waals surface area contributed by atoms with Gasteiger partial charge in [-0.2, -0.15) is 0 Å². The van der Waals surface area contributed by atoms with Crippen LogP contribution in [0.3, 0.4) is 0 Å². The Hall–Kier alpha value is 2.25. The van der Waals surface area contributed by atoms with E-state index < -0.39 is 0 Å². The molecule has 0 spiro atoms. The summed E-state index contributed by atoms with van der Waals surface area (Å²) < 4.78 is 0.743. The number of hydrogen-bond donors (Lipinski definition) is 0. The highest BCUT2D eigenvalue weighted by Crippen LogP contribution is 2.10. The van der Waals surface area contributed by atoms with E-state index in [9.17, 15) is 0 Å². The maximum Gasteiger partial charge on any atom is 0.355 e. The highest BCUT2D eigenvalue weighted by atomic mass is 127. The van der Waals surface area contributed by atoms with Crippen molar-refractivity contribution in [2.75, 3.05) is 0 Å². The summed E-state index contributed by atoms with van der Waals surface area (Å²) in [6.07, 6.45) is 0. The first kappa shape index (κ1) is 6.25. The van der Waals surface area contributed by atoms with E-state index in [1.807, 2.05) is 0 Å². The van der Waals surface area contributed by atoms with Crippen LogP contribution in [0.15, 0.2) is 0 Å². The fourth-order valence-corrected chi connectivity index (χ4v) is 0. The lowest BCUT2D eigenvalue weighted by Gasteiger charge is -1.63. The van der Waals surface area contributed by atoms with E-state index in [2.05, 4.69) is 67.1 Å². The molecule has 0 bridgehead atoms. The first-order chi connectivity index (χ1) is 1.73. The summed E-state index contributed by atoms with van der Waals surface area (Å²) in [6.45, 7) is 0. The molecule has 0 aliphatic rings. The fraction of sp³-hybridized carbons (Fsp3) is 0. The van der Waals surface area contributed by atoms with Crippen LogP contribution in [0, 0.1) is 0 Å². The van der Waals surface area contributed by atoms with Crippen molar-refractivity contribution in [1.29, 1.82) is 0 Å². The zero-order valence-corrected chi connectivity index (χ0v) is 8.18. The normalized spacial score (nSPS) is 6.75. The lowest BCUT2D eigenvalue weighted by Crippen LogP contribution is -1.59. The summed E-state index contributed by atoms with van der Waals surface area (Å²) in [5, 5.41) is 0. The molecule has 0 unspecified atom stereocenters. The molecule has 0 rings (SSSR count). The van der Waals surface area contributed by atoms with E-state index in [0.29, 0.717) is 0 Å². The minimum absolute atomic E-state index is 0.743. The maximum atomic E-state index is 2.32. The second-order valence-electron chi connectivity index (χ2n) is 0.247. The van der Waals surface area contributed by atoms with Crippen molar-refractivity contribution in [3.05, 3.63) is 0 Å². The molecule has 0 nitrogen and oxygen atoms in total. The van der Waals surface area contributed by atoms with E-state index in [1.165, 1.54) is 0 Å². The SMILES string of the molecule is IB(I)I. The molecule has 4 heavy (non-hydrogen) atoms. The van der Waals surface area contributed by atoms with E-state index in [0.717, 1.165) is 0.282 Å². The Morgan fingerprint density at radius 2 is 1.00 bits per heavy atom. The number of rotatable bonds is 0. The van der Waals surface area contributed by atoms with Gasteiger partial charge in [-0.05, 0) is 0 Å². The molecule has 0 aromatic rings. The van der Waals surface area contributed by atoms with Crippen LogP contribution in [0.2, 0.25) is 0 Å². The van der Waals surface area contributed by atoms with Crippen LogP contribution in [0.25, 0.3) is 0 Å². The van der Waals surface area contributed by atoms with Crippen LogP contribution in [0.4, 0.5) is 0 Å². The van der Waals surface area contributed by atoms with Gasteiger partial charge in [0, 0.05) is 0 Å². The molecule has 0 N–H and O–H groups in total. The van der Waals surface area contributed by atoms with Gasteiger partial charge in [0.1, 0.15) is 0 Å². The largest absolute Gasteiger partial charge is 0.355 e. The van der Waals surface area contributed by atoms with Crippen LogP contribution in [-0.2, 0) is 0 Å². The first-order valence-corrected chi connectivity index (χ1v) is 4.39. The van der Waals surface area contributed by atoms with E-state index >= 15 is 0 Å². The molecule has 0 aliphatic carbocycles.